The van der Waals surface area contributed by atoms with Crippen LogP contribution in [0.3, 0.4) is 0 Å². The van der Waals surface area contributed by atoms with E-state index in [1.54, 1.807) is 18.6 Å². The Kier molecular flexibility index (Phi) is 3.69. The Hall–Kier alpha value is -1.88. The number of fused-ring (bicyclic) bond motifs is 1. The molecule has 20 heavy (non-hydrogen) atoms. The van der Waals surface area contributed by atoms with Crippen LogP contribution in [-0.4, -0.2) is 24.3 Å². The first-order valence-corrected chi connectivity index (χ1v) is 7.11. The first-order chi connectivity index (χ1) is 9.75. The zero-order valence-corrected chi connectivity index (χ0v) is 12.0. The number of halogens is 1. The van der Waals surface area contributed by atoms with E-state index in [0.717, 1.165) is 36.4 Å². The molecule has 0 fully saturated rings. The number of hydrogen-bond acceptors (Lipinski definition) is 3. The second-order valence-electron chi connectivity index (χ2n) is 4.72. The van der Waals surface area contributed by atoms with Crippen LogP contribution >= 0.6 is 11.6 Å². The summed E-state index contributed by atoms with van der Waals surface area (Å²) in [6, 6.07) is 3.92. The third kappa shape index (κ3) is 2.54. The van der Waals surface area contributed by atoms with Crippen molar-refractivity contribution < 1.29 is 0 Å². The summed E-state index contributed by atoms with van der Waals surface area (Å²) in [4.78, 5) is 8.69. The molecule has 0 bridgehead atoms. The summed E-state index contributed by atoms with van der Waals surface area (Å²) in [6.07, 6.45) is 8.32. The molecule has 3 rings (SSSR count). The Labute approximate surface area is 122 Å². The van der Waals surface area contributed by atoms with Crippen LogP contribution in [0.1, 0.15) is 24.5 Å². The summed E-state index contributed by atoms with van der Waals surface area (Å²) in [7, 11) is 0. The van der Waals surface area contributed by atoms with Crippen molar-refractivity contribution in [3.63, 3.8) is 0 Å². The standard InChI is InChI=1S/C14H16ClN5/c1-11(15)14-18-12-10-16-6-4-13(12)20(14)9-3-8-19-7-2-5-17-19/h2,4-7,10-11H,3,8-9H2,1H3. The molecule has 0 aromatic carbocycles. The zero-order valence-electron chi connectivity index (χ0n) is 11.3. The molecule has 1 atom stereocenters. The number of rotatable bonds is 5. The molecule has 0 amide bonds. The van der Waals surface area contributed by atoms with Crippen LogP contribution in [0.25, 0.3) is 11.0 Å². The second-order valence-corrected chi connectivity index (χ2v) is 5.38. The number of hydrogen-bond donors (Lipinski definition) is 0. The maximum Gasteiger partial charge on any atom is 0.127 e. The molecular formula is C14H16ClN5. The van der Waals surface area contributed by atoms with Crippen LogP contribution in [-0.2, 0) is 13.1 Å². The number of aromatic nitrogens is 5. The van der Waals surface area contributed by atoms with E-state index in [1.165, 1.54) is 0 Å². The van der Waals surface area contributed by atoms with Crippen molar-refractivity contribution in [2.75, 3.05) is 0 Å². The third-order valence-corrected chi connectivity index (χ3v) is 3.46. The fourth-order valence-electron chi connectivity index (χ4n) is 2.36. The number of pyridine rings is 1. The van der Waals surface area contributed by atoms with E-state index in [0.29, 0.717) is 0 Å². The Balaban J connectivity index is 1.83. The lowest BCUT2D eigenvalue weighted by atomic mass is 10.3. The normalized spacial score (nSPS) is 12.9. The van der Waals surface area contributed by atoms with Gasteiger partial charge in [0.15, 0.2) is 0 Å². The molecule has 0 saturated heterocycles. The maximum atomic E-state index is 6.24. The van der Waals surface area contributed by atoms with Crippen molar-refractivity contribution in [1.82, 2.24) is 24.3 Å². The Morgan fingerprint density at radius 2 is 2.20 bits per heavy atom. The molecule has 104 valence electrons. The lowest BCUT2D eigenvalue weighted by Crippen LogP contribution is -2.08. The average molecular weight is 290 g/mol. The van der Waals surface area contributed by atoms with Gasteiger partial charge < -0.3 is 4.57 Å². The quantitative estimate of drug-likeness (QED) is 0.678. The maximum absolute atomic E-state index is 6.24. The highest BCUT2D eigenvalue weighted by molar-refractivity contribution is 6.20. The molecule has 0 saturated carbocycles. The van der Waals surface area contributed by atoms with E-state index >= 15 is 0 Å². The van der Waals surface area contributed by atoms with Gasteiger partial charge in [0.1, 0.15) is 11.3 Å². The molecule has 3 heterocycles. The zero-order chi connectivity index (χ0) is 13.9. The first-order valence-electron chi connectivity index (χ1n) is 6.67. The molecular weight excluding hydrogens is 274 g/mol. The van der Waals surface area contributed by atoms with Gasteiger partial charge in [0.2, 0.25) is 0 Å². The average Bonchev–Trinajstić information content (AvgIpc) is 3.07. The second kappa shape index (κ2) is 5.63. The lowest BCUT2D eigenvalue weighted by molar-refractivity contribution is 0.523. The Bertz CT molecular complexity index is 687. The Morgan fingerprint density at radius 1 is 1.30 bits per heavy atom. The minimum atomic E-state index is -0.118. The molecule has 3 aromatic heterocycles. The molecule has 5 nitrogen and oxygen atoms in total. The minimum absolute atomic E-state index is 0.118. The largest absolute Gasteiger partial charge is 0.327 e. The van der Waals surface area contributed by atoms with Gasteiger partial charge in [-0.2, -0.15) is 5.10 Å². The fourth-order valence-corrected chi connectivity index (χ4v) is 2.53. The van der Waals surface area contributed by atoms with Gasteiger partial charge in [-0.3, -0.25) is 9.67 Å². The Morgan fingerprint density at radius 3 is 2.95 bits per heavy atom. The number of alkyl halides is 1. The van der Waals surface area contributed by atoms with Crippen LogP contribution in [0, 0.1) is 0 Å². The molecule has 0 radical (unpaired) electrons. The van der Waals surface area contributed by atoms with Crippen molar-refractivity contribution in [2.45, 2.75) is 31.8 Å². The highest BCUT2D eigenvalue weighted by atomic mass is 35.5. The highest BCUT2D eigenvalue weighted by Gasteiger charge is 2.14. The smallest absolute Gasteiger partial charge is 0.127 e. The molecule has 0 spiro atoms. The highest BCUT2D eigenvalue weighted by Crippen LogP contribution is 2.24. The summed E-state index contributed by atoms with van der Waals surface area (Å²) in [6.45, 7) is 3.70. The van der Waals surface area contributed by atoms with E-state index in [9.17, 15) is 0 Å². The number of aryl methyl sites for hydroxylation is 2. The predicted molar refractivity (Wildman–Crippen MR) is 78.6 cm³/mol. The third-order valence-electron chi connectivity index (χ3n) is 3.26. The van der Waals surface area contributed by atoms with E-state index in [1.807, 2.05) is 29.9 Å². The molecule has 3 aromatic rings. The van der Waals surface area contributed by atoms with Crippen molar-refractivity contribution in [2.24, 2.45) is 0 Å². The molecule has 0 N–H and O–H groups in total. The SMILES string of the molecule is CC(Cl)c1nc2cnccc2n1CCCn1cccn1. The van der Waals surface area contributed by atoms with Crippen LogP contribution in [0.15, 0.2) is 36.9 Å². The van der Waals surface area contributed by atoms with Crippen LogP contribution in [0.5, 0.6) is 0 Å². The predicted octanol–water partition coefficient (Wildman–Crippen LogP) is 3.02. The van der Waals surface area contributed by atoms with Gasteiger partial charge in [-0.15, -0.1) is 11.6 Å². The van der Waals surface area contributed by atoms with E-state index in [-0.39, 0.29) is 5.38 Å². The lowest BCUT2D eigenvalue weighted by Gasteiger charge is -2.10. The van der Waals surface area contributed by atoms with Gasteiger partial charge in [-0.05, 0) is 25.5 Å². The van der Waals surface area contributed by atoms with Crippen molar-refractivity contribution >= 4 is 22.6 Å². The van der Waals surface area contributed by atoms with Crippen molar-refractivity contribution in [3.05, 3.63) is 42.7 Å². The topological polar surface area (TPSA) is 48.5 Å². The fraction of sp³-hybridized carbons (Fsp3) is 0.357. The monoisotopic (exact) mass is 289 g/mol. The molecule has 6 heteroatoms. The summed E-state index contributed by atoms with van der Waals surface area (Å²) in [5, 5.41) is 4.09. The van der Waals surface area contributed by atoms with Crippen molar-refractivity contribution in [3.8, 4) is 0 Å². The van der Waals surface area contributed by atoms with Crippen molar-refractivity contribution in [1.29, 1.82) is 0 Å². The van der Waals surface area contributed by atoms with Crippen LogP contribution < -0.4 is 0 Å². The van der Waals surface area contributed by atoms with Gasteiger partial charge in [0.25, 0.3) is 0 Å². The van der Waals surface area contributed by atoms with Gasteiger partial charge in [0.05, 0.1) is 17.1 Å². The molecule has 0 aliphatic heterocycles. The van der Waals surface area contributed by atoms with Gasteiger partial charge in [-0.1, -0.05) is 0 Å². The van der Waals surface area contributed by atoms with Gasteiger partial charge in [-0.25, -0.2) is 4.98 Å². The van der Waals surface area contributed by atoms with Gasteiger partial charge >= 0.3 is 0 Å². The summed E-state index contributed by atoms with van der Waals surface area (Å²) in [5.74, 6) is 0.898. The summed E-state index contributed by atoms with van der Waals surface area (Å²) in [5.41, 5.74) is 1.98. The first kappa shape index (κ1) is 13.1. The molecule has 1 unspecified atom stereocenters. The number of imidazole rings is 1. The van der Waals surface area contributed by atoms with Crippen LogP contribution in [0.2, 0.25) is 0 Å². The minimum Gasteiger partial charge on any atom is -0.327 e. The van der Waals surface area contributed by atoms with E-state index in [4.69, 9.17) is 11.6 Å². The molecule has 0 aliphatic carbocycles. The van der Waals surface area contributed by atoms with Gasteiger partial charge in [0, 0.05) is 31.7 Å². The summed E-state index contributed by atoms with van der Waals surface area (Å²) >= 11 is 6.24. The number of nitrogens with zero attached hydrogens (tertiary/aromatic N) is 5. The van der Waals surface area contributed by atoms with Crippen LogP contribution in [0.4, 0.5) is 0 Å². The van der Waals surface area contributed by atoms with E-state index < -0.39 is 0 Å². The molecule has 0 aliphatic rings. The summed E-state index contributed by atoms with van der Waals surface area (Å²) < 4.78 is 4.11. The van der Waals surface area contributed by atoms with E-state index in [2.05, 4.69) is 19.6 Å².